The highest BCUT2D eigenvalue weighted by molar-refractivity contribution is 5.92. The van der Waals surface area contributed by atoms with Crippen molar-refractivity contribution in [3.05, 3.63) is 30.1 Å². The van der Waals surface area contributed by atoms with E-state index in [0.29, 0.717) is 5.69 Å². The lowest BCUT2D eigenvalue weighted by atomic mass is 10.1. The molecule has 0 aromatic heterocycles. The lowest BCUT2D eigenvalue weighted by molar-refractivity contribution is -0.117. The molecule has 1 heterocycles. The number of carbonyl (C=O) groups is 1. The van der Waals surface area contributed by atoms with E-state index in [2.05, 4.69) is 5.32 Å². The Labute approximate surface area is 105 Å². The Kier molecular flexibility index (Phi) is 4.28. The third kappa shape index (κ3) is 3.51. The number of carbonyl (C=O) groups excluding carboxylic acids is 1. The molecule has 0 spiro atoms. The van der Waals surface area contributed by atoms with E-state index >= 15 is 0 Å². The number of rotatable bonds is 4. The molecule has 1 fully saturated rings. The van der Waals surface area contributed by atoms with Gasteiger partial charge in [-0.2, -0.15) is 0 Å². The second-order valence-electron chi connectivity index (χ2n) is 4.63. The molecule has 0 saturated carbocycles. The first-order valence-corrected chi connectivity index (χ1v) is 6.06. The van der Waals surface area contributed by atoms with Crippen LogP contribution in [0.15, 0.2) is 24.3 Å². The van der Waals surface area contributed by atoms with Crippen molar-refractivity contribution in [1.29, 1.82) is 0 Å². The standard InChI is InChI=1S/C13H17FN2O2/c14-11-2-1-3-12(6-11)15-13(18)8-16-5-4-10(7-16)9-17/h1-3,6,10,17H,4-5,7-9H2,(H,15,18). The molecule has 1 aromatic carbocycles. The van der Waals surface area contributed by atoms with Gasteiger partial charge < -0.3 is 10.4 Å². The third-order valence-electron chi connectivity index (χ3n) is 3.10. The number of hydrogen-bond acceptors (Lipinski definition) is 3. The van der Waals surface area contributed by atoms with Gasteiger partial charge in [-0.05, 0) is 37.1 Å². The quantitative estimate of drug-likeness (QED) is 0.843. The molecule has 18 heavy (non-hydrogen) atoms. The van der Waals surface area contributed by atoms with Gasteiger partial charge in [0.25, 0.3) is 0 Å². The number of aliphatic hydroxyl groups excluding tert-OH is 1. The zero-order valence-electron chi connectivity index (χ0n) is 10.1. The number of benzene rings is 1. The Morgan fingerprint density at radius 2 is 2.39 bits per heavy atom. The highest BCUT2D eigenvalue weighted by Crippen LogP contribution is 2.15. The molecule has 5 heteroatoms. The molecule has 2 N–H and O–H groups in total. The minimum Gasteiger partial charge on any atom is -0.396 e. The second-order valence-corrected chi connectivity index (χ2v) is 4.63. The fourth-order valence-corrected chi connectivity index (χ4v) is 2.18. The van der Waals surface area contributed by atoms with Crippen molar-refractivity contribution in [2.24, 2.45) is 5.92 Å². The molecule has 1 aliphatic rings. The molecule has 1 aromatic rings. The smallest absolute Gasteiger partial charge is 0.238 e. The summed E-state index contributed by atoms with van der Waals surface area (Å²) < 4.78 is 12.9. The van der Waals surface area contributed by atoms with Crippen molar-refractivity contribution >= 4 is 11.6 Å². The fourth-order valence-electron chi connectivity index (χ4n) is 2.18. The highest BCUT2D eigenvalue weighted by atomic mass is 19.1. The predicted octanol–water partition coefficient (Wildman–Crippen LogP) is 1.08. The minimum atomic E-state index is -0.366. The van der Waals surface area contributed by atoms with E-state index in [1.807, 2.05) is 4.90 Å². The van der Waals surface area contributed by atoms with Gasteiger partial charge in [-0.25, -0.2) is 4.39 Å². The van der Waals surface area contributed by atoms with Crippen molar-refractivity contribution in [2.75, 3.05) is 31.6 Å². The first-order valence-electron chi connectivity index (χ1n) is 6.06. The summed E-state index contributed by atoms with van der Waals surface area (Å²) in [7, 11) is 0. The molecule has 1 atom stereocenters. The lowest BCUT2D eigenvalue weighted by Gasteiger charge is -2.15. The van der Waals surface area contributed by atoms with E-state index < -0.39 is 0 Å². The number of nitrogens with zero attached hydrogens (tertiary/aromatic N) is 1. The Morgan fingerprint density at radius 1 is 1.56 bits per heavy atom. The van der Waals surface area contributed by atoms with Crippen molar-refractivity contribution < 1.29 is 14.3 Å². The molecule has 4 nitrogen and oxygen atoms in total. The number of hydrogen-bond donors (Lipinski definition) is 2. The van der Waals surface area contributed by atoms with E-state index in [-0.39, 0.29) is 30.8 Å². The van der Waals surface area contributed by atoms with Crippen LogP contribution in [0, 0.1) is 11.7 Å². The fraction of sp³-hybridized carbons (Fsp3) is 0.462. The molecule has 1 aliphatic heterocycles. The summed E-state index contributed by atoms with van der Waals surface area (Å²) in [4.78, 5) is 13.7. The molecular weight excluding hydrogens is 235 g/mol. The maximum absolute atomic E-state index is 12.9. The highest BCUT2D eigenvalue weighted by Gasteiger charge is 2.23. The molecule has 1 saturated heterocycles. The number of anilines is 1. The zero-order chi connectivity index (χ0) is 13.0. The third-order valence-corrected chi connectivity index (χ3v) is 3.10. The van der Waals surface area contributed by atoms with Crippen LogP contribution < -0.4 is 5.32 Å². The summed E-state index contributed by atoms with van der Waals surface area (Å²) in [5.74, 6) is -0.250. The van der Waals surface area contributed by atoms with Gasteiger partial charge in [0, 0.05) is 18.8 Å². The van der Waals surface area contributed by atoms with Gasteiger partial charge in [-0.1, -0.05) is 6.07 Å². The van der Waals surface area contributed by atoms with Crippen molar-refractivity contribution in [2.45, 2.75) is 6.42 Å². The van der Waals surface area contributed by atoms with Crippen LogP contribution >= 0.6 is 0 Å². The SMILES string of the molecule is O=C(CN1CCC(CO)C1)Nc1cccc(F)c1. The van der Waals surface area contributed by atoms with Crippen molar-refractivity contribution in [3.8, 4) is 0 Å². The van der Waals surface area contributed by atoms with E-state index in [1.54, 1.807) is 12.1 Å². The predicted molar refractivity (Wildman–Crippen MR) is 66.7 cm³/mol. The van der Waals surface area contributed by atoms with E-state index in [9.17, 15) is 9.18 Å². The molecule has 0 bridgehead atoms. The van der Waals surface area contributed by atoms with Crippen molar-refractivity contribution in [1.82, 2.24) is 4.90 Å². The van der Waals surface area contributed by atoms with Crippen LogP contribution in [-0.4, -0.2) is 42.2 Å². The van der Waals surface area contributed by atoms with Gasteiger partial charge in [0.1, 0.15) is 5.82 Å². The van der Waals surface area contributed by atoms with Crippen LogP contribution in [-0.2, 0) is 4.79 Å². The Hall–Kier alpha value is -1.46. The number of aliphatic hydroxyl groups is 1. The van der Waals surface area contributed by atoms with Crippen LogP contribution in [0.2, 0.25) is 0 Å². The summed E-state index contributed by atoms with van der Waals surface area (Å²) in [6, 6.07) is 5.84. The maximum atomic E-state index is 12.9. The molecule has 98 valence electrons. The van der Waals surface area contributed by atoms with E-state index in [4.69, 9.17) is 5.11 Å². The van der Waals surface area contributed by atoms with Crippen LogP contribution in [0.1, 0.15) is 6.42 Å². The zero-order valence-corrected chi connectivity index (χ0v) is 10.1. The minimum absolute atomic E-state index is 0.154. The Bertz CT molecular complexity index is 425. The number of halogens is 1. The first kappa shape index (κ1) is 13.0. The van der Waals surface area contributed by atoms with Crippen molar-refractivity contribution in [3.63, 3.8) is 0 Å². The monoisotopic (exact) mass is 252 g/mol. The summed E-state index contributed by atoms with van der Waals surface area (Å²) in [5, 5.41) is 11.7. The summed E-state index contributed by atoms with van der Waals surface area (Å²) in [6.07, 6.45) is 0.920. The lowest BCUT2D eigenvalue weighted by Crippen LogP contribution is -2.31. The number of nitrogens with one attached hydrogen (secondary N) is 1. The molecule has 0 radical (unpaired) electrons. The van der Waals surface area contributed by atoms with Gasteiger partial charge in [-0.15, -0.1) is 0 Å². The second kappa shape index (κ2) is 5.93. The summed E-state index contributed by atoms with van der Waals surface area (Å²) in [5.41, 5.74) is 0.470. The average molecular weight is 252 g/mol. The normalized spacial score (nSPS) is 20.0. The van der Waals surface area contributed by atoms with Gasteiger partial charge in [0.15, 0.2) is 0 Å². The molecule has 0 aliphatic carbocycles. The van der Waals surface area contributed by atoms with Gasteiger partial charge in [0.05, 0.1) is 6.54 Å². The Balaban J connectivity index is 1.82. The summed E-state index contributed by atoms with van der Waals surface area (Å²) >= 11 is 0. The molecule has 1 amide bonds. The topological polar surface area (TPSA) is 52.6 Å². The van der Waals surface area contributed by atoms with Crippen LogP contribution in [0.4, 0.5) is 10.1 Å². The number of amides is 1. The molecular formula is C13H17FN2O2. The van der Waals surface area contributed by atoms with E-state index in [1.165, 1.54) is 12.1 Å². The van der Waals surface area contributed by atoms with Crippen LogP contribution in [0.5, 0.6) is 0 Å². The number of likely N-dealkylation sites (tertiary alicyclic amines) is 1. The summed E-state index contributed by atoms with van der Waals surface area (Å²) in [6.45, 7) is 2.02. The maximum Gasteiger partial charge on any atom is 0.238 e. The first-order chi connectivity index (χ1) is 8.67. The van der Waals surface area contributed by atoms with Gasteiger partial charge in [-0.3, -0.25) is 9.69 Å². The van der Waals surface area contributed by atoms with Gasteiger partial charge >= 0.3 is 0 Å². The van der Waals surface area contributed by atoms with Gasteiger partial charge in [0.2, 0.25) is 5.91 Å². The largest absolute Gasteiger partial charge is 0.396 e. The molecule has 2 rings (SSSR count). The molecule has 1 unspecified atom stereocenters. The average Bonchev–Trinajstić information content (AvgIpc) is 2.76. The Morgan fingerprint density at radius 3 is 3.06 bits per heavy atom. The van der Waals surface area contributed by atoms with Crippen LogP contribution in [0.3, 0.4) is 0 Å². The van der Waals surface area contributed by atoms with Crippen LogP contribution in [0.25, 0.3) is 0 Å². The van der Waals surface area contributed by atoms with E-state index in [0.717, 1.165) is 19.5 Å².